The highest BCUT2D eigenvalue weighted by atomic mass is 32.2. The van der Waals surface area contributed by atoms with Crippen LogP contribution < -0.4 is 0 Å². The van der Waals surface area contributed by atoms with Crippen LogP contribution in [0.3, 0.4) is 0 Å². The molecule has 0 saturated heterocycles. The molecule has 0 aliphatic rings. The molecule has 0 saturated carbocycles. The van der Waals surface area contributed by atoms with Gasteiger partial charge < -0.3 is 9.96 Å². The van der Waals surface area contributed by atoms with Crippen molar-refractivity contribution in [1.29, 1.82) is 5.41 Å². The minimum atomic E-state index is -2.26. The van der Waals surface area contributed by atoms with E-state index in [4.69, 9.17) is 5.41 Å². The molecule has 0 bridgehead atoms. The van der Waals surface area contributed by atoms with Crippen molar-refractivity contribution >= 4 is 16.8 Å². The van der Waals surface area contributed by atoms with Gasteiger partial charge in [-0.2, -0.15) is 0 Å². The first-order valence-corrected chi connectivity index (χ1v) is 4.85. The topological polar surface area (TPSA) is 64.0 Å². The van der Waals surface area contributed by atoms with E-state index in [2.05, 4.69) is 0 Å². The average molecular weight is 196 g/mol. The molecule has 0 fully saturated rings. The van der Waals surface area contributed by atoms with Crippen LogP contribution in [0, 0.1) is 12.3 Å². The molecule has 13 heavy (non-hydrogen) atoms. The van der Waals surface area contributed by atoms with E-state index in [0.717, 1.165) is 5.56 Å². The molecular weight excluding hydrogens is 186 g/mol. The Hall–Kier alpha value is -1.00. The molecule has 1 aromatic rings. The molecule has 0 aliphatic carbocycles. The van der Waals surface area contributed by atoms with Gasteiger partial charge in [0.05, 0.1) is 0 Å². The quantitative estimate of drug-likeness (QED) is 0.577. The molecule has 0 aliphatic heterocycles. The van der Waals surface area contributed by atoms with Crippen molar-refractivity contribution in [2.45, 2.75) is 18.7 Å². The zero-order valence-electron chi connectivity index (χ0n) is 7.46. The fourth-order valence-corrected chi connectivity index (χ4v) is 1.76. The van der Waals surface area contributed by atoms with Gasteiger partial charge in [-0.1, -0.05) is 12.1 Å². The van der Waals surface area contributed by atoms with Crippen LogP contribution in [0.25, 0.3) is 0 Å². The number of nitrogens with one attached hydrogen (secondary N) is 1. The Labute approximate surface area is 79.6 Å². The van der Waals surface area contributed by atoms with E-state index in [1.54, 1.807) is 25.1 Å². The Bertz CT molecular complexity index is 374. The standard InChI is InChI=1S/C9H11NO2S/c1-6-3-4-8(7(2)10)9(5-6)13(11)12/h3-5,10H,1-2H3,(H,11,12)/p-1. The highest BCUT2D eigenvalue weighted by Crippen LogP contribution is 2.15. The van der Waals surface area contributed by atoms with Crippen molar-refractivity contribution < 1.29 is 8.76 Å². The predicted molar refractivity (Wildman–Crippen MR) is 50.9 cm³/mol. The molecule has 1 N–H and O–H groups in total. The minimum absolute atomic E-state index is 0.201. The number of aryl methyl sites for hydroxylation is 1. The molecule has 1 rings (SSSR count). The Kier molecular flexibility index (Phi) is 2.95. The summed E-state index contributed by atoms with van der Waals surface area (Å²) in [6.07, 6.45) is 0. The lowest BCUT2D eigenvalue weighted by Gasteiger charge is -2.11. The van der Waals surface area contributed by atoms with Crippen LogP contribution in [0.1, 0.15) is 18.1 Å². The monoisotopic (exact) mass is 196 g/mol. The summed E-state index contributed by atoms with van der Waals surface area (Å²) >= 11 is -2.26. The summed E-state index contributed by atoms with van der Waals surface area (Å²) in [7, 11) is 0. The summed E-state index contributed by atoms with van der Waals surface area (Å²) in [4.78, 5) is 0.201. The second-order valence-electron chi connectivity index (χ2n) is 2.86. The van der Waals surface area contributed by atoms with Crippen molar-refractivity contribution in [1.82, 2.24) is 0 Å². The first-order chi connectivity index (χ1) is 6.02. The molecule has 1 atom stereocenters. The van der Waals surface area contributed by atoms with Gasteiger partial charge in [0, 0.05) is 16.2 Å². The molecule has 0 radical (unpaired) electrons. The largest absolute Gasteiger partial charge is 0.768 e. The maximum atomic E-state index is 10.8. The number of rotatable bonds is 2. The number of hydrogen-bond donors (Lipinski definition) is 1. The fraction of sp³-hybridized carbons (Fsp3) is 0.222. The lowest BCUT2D eigenvalue weighted by atomic mass is 10.1. The Morgan fingerprint density at radius 2 is 2.15 bits per heavy atom. The zero-order chi connectivity index (χ0) is 10.0. The first-order valence-electron chi connectivity index (χ1n) is 3.78. The van der Waals surface area contributed by atoms with Crippen molar-refractivity contribution in [3.63, 3.8) is 0 Å². The van der Waals surface area contributed by atoms with Gasteiger partial charge in [-0.3, -0.25) is 4.21 Å². The van der Waals surface area contributed by atoms with E-state index < -0.39 is 11.1 Å². The molecular formula is C9H10NO2S-. The van der Waals surface area contributed by atoms with Gasteiger partial charge in [-0.05, 0) is 36.6 Å². The molecule has 4 heteroatoms. The molecule has 0 aromatic heterocycles. The van der Waals surface area contributed by atoms with Crippen LogP contribution in [0.15, 0.2) is 23.1 Å². The van der Waals surface area contributed by atoms with Gasteiger partial charge >= 0.3 is 0 Å². The SMILES string of the molecule is CC(=N)c1ccc(C)cc1S(=O)[O-]. The predicted octanol–water partition coefficient (Wildman–Crippen LogP) is 1.62. The lowest BCUT2D eigenvalue weighted by Crippen LogP contribution is -2.01. The third-order valence-electron chi connectivity index (χ3n) is 1.72. The summed E-state index contributed by atoms with van der Waals surface area (Å²) in [5, 5.41) is 7.37. The average Bonchev–Trinajstić information content (AvgIpc) is 2.03. The Morgan fingerprint density at radius 1 is 1.54 bits per heavy atom. The maximum absolute atomic E-state index is 10.8. The van der Waals surface area contributed by atoms with Crippen LogP contribution in [0.5, 0.6) is 0 Å². The highest BCUT2D eigenvalue weighted by Gasteiger charge is 2.04. The maximum Gasteiger partial charge on any atom is 0.0366 e. The molecule has 3 nitrogen and oxygen atoms in total. The summed E-state index contributed by atoms with van der Waals surface area (Å²) < 4.78 is 21.6. The van der Waals surface area contributed by atoms with Gasteiger partial charge in [0.1, 0.15) is 0 Å². The fourth-order valence-electron chi connectivity index (χ4n) is 1.08. The Balaban J connectivity index is 3.35. The van der Waals surface area contributed by atoms with E-state index in [9.17, 15) is 8.76 Å². The lowest BCUT2D eigenvalue weighted by molar-refractivity contribution is 0.537. The molecule has 0 heterocycles. The van der Waals surface area contributed by atoms with Crippen LogP contribution in [-0.2, 0) is 11.1 Å². The van der Waals surface area contributed by atoms with Crippen LogP contribution >= 0.6 is 0 Å². The minimum Gasteiger partial charge on any atom is -0.768 e. The van der Waals surface area contributed by atoms with Gasteiger partial charge in [-0.15, -0.1) is 0 Å². The second-order valence-corrected chi connectivity index (χ2v) is 3.77. The third-order valence-corrected chi connectivity index (χ3v) is 2.42. The van der Waals surface area contributed by atoms with Crippen molar-refractivity contribution in [2.24, 2.45) is 0 Å². The summed E-state index contributed by atoms with van der Waals surface area (Å²) in [6.45, 7) is 3.39. The van der Waals surface area contributed by atoms with Crippen LogP contribution in [-0.4, -0.2) is 14.5 Å². The van der Waals surface area contributed by atoms with E-state index in [0.29, 0.717) is 5.56 Å². The second kappa shape index (κ2) is 3.81. The summed E-state index contributed by atoms with van der Waals surface area (Å²) in [5.41, 5.74) is 1.61. The molecule has 0 spiro atoms. The summed E-state index contributed by atoms with van der Waals surface area (Å²) in [6, 6.07) is 5.02. The van der Waals surface area contributed by atoms with Crippen molar-refractivity contribution in [2.75, 3.05) is 0 Å². The zero-order valence-corrected chi connectivity index (χ0v) is 8.27. The molecule has 0 amide bonds. The van der Waals surface area contributed by atoms with E-state index in [1.807, 2.05) is 6.92 Å². The van der Waals surface area contributed by atoms with E-state index in [1.165, 1.54) is 0 Å². The first kappa shape index (κ1) is 10.1. The van der Waals surface area contributed by atoms with Crippen LogP contribution in [0.2, 0.25) is 0 Å². The van der Waals surface area contributed by atoms with E-state index >= 15 is 0 Å². The molecule has 70 valence electrons. The van der Waals surface area contributed by atoms with Crippen LogP contribution in [0.4, 0.5) is 0 Å². The van der Waals surface area contributed by atoms with Gasteiger partial charge in [0.15, 0.2) is 0 Å². The van der Waals surface area contributed by atoms with Gasteiger partial charge in [0.25, 0.3) is 0 Å². The van der Waals surface area contributed by atoms with Gasteiger partial charge in [-0.25, -0.2) is 0 Å². The van der Waals surface area contributed by atoms with Crippen molar-refractivity contribution in [3.8, 4) is 0 Å². The summed E-state index contributed by atoms with van der Waals surface area (Å²) in [5.74, 6) is 0. The Morgan fingerprint density at radius 3 is 2.62 bits per heavy atom. The smallest absolute Gasteiger partial charge is 0.0366 e. The molecule has 1 aromatic carbocycles. The highest BCUT2D eigenvalue weighted by molar-refractivity contribution is 7.79. The normalized spacial score (nSPS) is 12.5. The van der Waals surface area contributed by atoms with Crippen molar-refractivity contribution in [3.05, 3.63) is 29.3 Å². The van der Waals surface area contributed by atoms with E-state index in [-0.39, 0.29) is 10.6 Å². The number of benzene rings is 1. The van der Waals surface area contributed by atoms with Gasteiger partial charge in [0.2, 0.25) is 0 Å². The number of hydrogen-bond acceptors (Lipinski definition) is 3. The molecule has 1 unspecified atom stereocenters. The third kappa shape index (κ3) is 2.23.